The lowest BCUT2D eigenvalue weighted by molar-refractivity contribution is 0.415. The van der Waals surface area contributed by atoms with Gasteiger partial charge in [0.1, 0.15) is 5.75 Å². The van der Waals surface area contributed by atoms with Crippen LogP contribution >= 0.6 is 11.3 Å². The molecule has 0 aliphatic carbocycles. The molecule has 0 unspecified atom stereocenters. The van der Waals surface area contributed by atoms with Gasteiger partial charge in [-0.3, -0.25) is 4.99 Å². The molecule has 24 heavy (non-hydrogen) atoms. The number of hydrogen-bond donors (Lipinski definition) is 0. The first-order valence-electron chi connectivity index (χ1n) is 8.06. The van der Waals surface area contributed by atoms with Crippen molar-refractivity contribution in [2.45, 2.75) is 27.2 Å². The highest BCUT2D eigenvalue weighted by Crippen LogP contribution is 2.23. The van der Waals surface area contributed by atoms with Gasteiger partial charge in [0.05, 0.1) is 19.3 Å². The summed E-state index contributed by atoms with van der Waals surface area (Å²) in [5.41, 5.74) is 3.22. The Labute approximate surface area is 147 Å². The van der Waals surface area contributed by atoms with Gasteiger partial charge in [-0.25, -0.2) is 4.68 Å². The largest absolute Gasteiger partial charge is 0.497 e. The van der Waals surface area contributed by atoms with E-state index in [1.54, 1.807) is 24.5 Å². The Bertz CT molecular complexity index is 767. The van der Waals surface area contributed by atoms with Crippen molar-refractivity contribution in [2.24, 2.45) is 16.0 Å². The van der Waals surface area contributed by atoms with Gasteiger partial charge in [0.15, 0.2) is 0 Å². The van der Waals surface area contributed by atoms with Crippen molar-refractivity contribution in [3.05, 3.63) is 47.1 Å². The number of nitrogens with zero attached hydrogens (tertiary/aromatic N) is 3. The Balaban J connectivity index is 2.51. The molecule has 0 atom stereocenters. The smallest absolute Gasteiger partial charge is 0.206 e. The van der Waals surface area contributed by atoms with Crippen LogP contribution < -0.4 is 9.54 Å². The van der Waals surface area contributed by atoms with Crippen molar-refractivity contribution >= 4 is 17.0 Å². The van der Waals surface area contributed by atoms with Crippen LogP contribution in [0, 0.1) is 5.92 Å². The van der Waals surface area contributed by atoms with E-state index in [0.717, 1.165) is 33.9 Å². The molecule has 0 aliphatic rings. The van der Waals surface area contributed by atoms with Crippen molar-refractivity contribution in [3.63, 3.8) is 0 Å². The average Bonchev–Trinajstić information content (AvgIpc) is 2.94. The van der Waals surface area contributed by atoms with Crippen LogP contribution in [0.5, 0.6) is 5.75 Å². The van der Waals surface area contributed by atoms with E-state index in [1.807, 2.05) is 28.9 Å². The fourth-order valence-electron chi connectivity index (χ4n) is 2.41. The van der Waals surface area contributed by atoms with Crippen molar-refractivity contribution < 1.29 is 4.74 Å². The Hall–Kier alpha value is -2.14. The van der Waals surface area contributed by atoms with Crippen LogP contribution in [0.3, 0.4) is 0 Å². The number of aromatic nitrogens is 1. The number of rotatable bonds is 7. The fraction of sp³-hybridized carbons (Fsp3) is 0.368. The van der Waals surface area contributed by atoms with Crippen molar-refractivity contribution in [3.8, 4) is 17.0 Å². The van der Waals surface area contributed by atoms with E-state index in [-0.39, 0.29) is 0 Å². The van der Waals surface area contributed by atoms with Gasteiger partial charge in [0.25, 0.3) is 0 Å². The van der Waals surface area contributed by atoms with E-state index in [1.165, 1.54) is 0 Å². The topological polar surface area (TPSA) is 38.9 Å². The maximum atomic E-state index is 5.24. The van der Waals surface area contributed by atoms with E-state index < -0.39 is 0 Å². The number of methoxy groups -OCH3 is 1. The number of hydrogen-bond acceptors (Lipinski definition) is 4. The molecule has 2 rings (SSSR count). The third-order valence-corrected chi connectivity index (χ3v) is 4.26. The van der Waals surface area contributed by atoms with Gasteiger partial charge in [-0.15, -0.1) is 17.9 Å². The molecular formula is C19H25N3OS. The summed E-state index contributed by atoms with van der Waals surface area (Å²) in [6.07, 6.45) is 2.76. The first-order valence-corrected chi connectivity index (χ1v) is 8.94. The number of ether oxygens (including phenoxy) is 1. The second-order valence-corrected chi connectivity index (χ2v) is 6.84. The van der Waals surface area contributed by atoms with E-state index in [9.17, 15) is 0 Å². The van der Waals surface area contributed by atoms with E-state index in [2.05, 4.69) is 37.7 Å². The van der Waals surface area contributed by atoms with Crippen LogP contribution in [0.4, 0.5) is 0 Å². The van der Waals surface area contributed by atoms with Gasteiger partial charge in [0.2, 0.25) is 4.80 Å². The molecule has 0 N–H and O–H groups in total. The maximum Gasteiger partial charge on any atom is 0.206 e. The third-order valence-electron chi connectivity index (χ3n) is 3.40. The Morgan fingerprint density at radius 2 is 2.04 bits per heavy atom. The standard InChI is InChI=1S/C19H25N3OS/c1-6-11-20-19-22(21-15(4)12-14(2)3)18(13-24-19)16-7-9-17(23-5)10-8-16/h6-10,13-14H,1,11-12H2,2-5H3. The molecule has 0 saturated heterocycles. The van der Waals surface area contributed by atoms with Crippen LogP contribution in [0.25, 0.3) is 11.3 Å². The quantitative estimate of drug-likeness (QED) is 0.535. The zero-order chi connectivity index (χ0) is 17.5. The van der Waals surface area contributed by atoms with Crippen LogP contribution in [0.2, 0.25) is 0 Å². The Kier molecular flexibility index (Phi) is 6.55. The molecule has 0 radical (unpaired) electrons. The molecule has 1 aromatic heterocycles. The van der Waals surface area contributed by atoms with E-state index in [4.69, 9.17) is 9.84 Å². The van der Waals surface area contributed by atoms with Gasteiger partial charge in [0, 0.05) is 16.7 Å². The summed E-state index contributed by atoms with van der Waals surface area (Å²) in [4.78, 5) is 5.45. The lowest BCUT2D eigenvalue weighted by Crippen LogP contribution is -2.14. The molecular weight excluding hydrogens is 318 g/mol. The van der Waals surface area contributed by atoms with Crippen molar-refractivity contribution in [1.82, 2.24) is 4.68 Å². The zero-order valence-electron chi connectivity index (χ0n) is 14.8. The Morgan fingerprint density at radius 3 is 2.62 bits per heavy atom. The van der Waals surface area contributed by atoms with Crippen LogP contribution in [0.15, 0.2) is 52.4 Å². The van der Waals surface area contributed by atoms with Crippen molar-refractivity contribution in [1.29, 1.82) is 0 Å². The molecule has 1 heterocycles. The molecule has 0 aliphatic heterocycles. The van der Waals surface area contributed by atoms with E-state index in [0.29, 0.717) is 12.5 Å². The summed E-state index contributed by atoms with van der Waals surface area (Å²) < 4.78 is 7.18. The van der Waals surface area contributed by atoms with Gasteiger partial charge < -0.3 is 4.74 Å². The van der Waals surface area contributed by atoms with Gasteiger partial charge in [-0.1, -0.05) is 19.9 Å². The lowest BCUT2D eigenvalue weighted by Gasteiger charge is -2.08. The number of benzene rings is 1. The van der Waals surface area contributed by atoms with Gasteiger partial charge in [-0.05, 0) is 43.5 Å². The predicted octanol–water partition coefficient (Wildman–Crippen LogP) is 4.58. The summed E-state index contributed by atoms with van der Waals surface area (Å²) in [7, 11) is 1.67. The molecule has 2 aromatic rings. The second-order valence-electron chi connectivity index (χ2n) is 6.01. The van der Waals surface area contributed by atoms with E-state index >= 15 is 0 Å². The van der Waals surface area contributed by atoms with Gasteiger partial charge >= 0.3 is 0 Å². The molecule has 4 nitrogen and oxygen atoms in total. The second kappa shape index (κ2) is 8.64. The first kappa shape index (κ1) is 18.2. The summed E-state index contributed by atoms with van der Waals surface area (Å²) in [6, 6.07) is 8.01. The predicted molar refractivity (Wildman–Crippen MR) is 103 cm³/mol. The summed E-state index contributed by atoms with van der Waals surface area (Å²) in [6.45, 7) is 10.8. The van der Waals surface area contributed by atoms with Gasteiger partial charge in [-0.2, -0.15) is 5.10 Å². The SMILES string of the molecule is C=CCN=c1scc(-c2ccc(OC)cc2)n1N=C(C)CC(C)C. The third kappa shape index (κ3) is 4.68. The Morgan fingerprint density at radius 1 is 1.33 bits per heavy atom. The molecule has 0 amide bonds. The minimum Gasteiger partial charge on any atom is -0.497 e. The zero-order valence-corrected chi connectivity index (χ0v) is 15.6. The maximum absolute atomic E-state index is 5.24. The van der Waals surface area contributed by atoms with Crippen molar-refractivity contribution in [2.75, 3.05) is 13.7 Å². The normalized spacial score (nSPS) is 12.7. The molecule has 0 saturated carbocycles. The minimum absolute atomic E-state index is 0.575. The first-order chi connectivity index (χ1) is 11.5. The molecule has 128 valence electrons. The number of thiazole rings is 1. The van der Waals surface area contributed by atoms with Crippen LogP contribution in [-0.4, -0.2) is 24.0 Å². The molecule has 0 bridgehead atoms. The molecule has 0 fully saturated rings. The highest BCUT2D eigenvalue weighted by molar-refractivity contribution is 7.07. The summed E-state index contributed by atoms with van der Waals surface area (Å²) >= 11 is 1.59. The van der Waals surface area contributed by atoms with Crippen LogP contribution in [0.1, 0.15) is 27.2 Å². The minimum atomic E-state index is 0.575. The van der Waals surface area contributed by atoms with Crippen LogP contribution in [-0.2, 0) is 0 Å². The fourth-order valence-corrected chi connectivity index (χ4v) is 3.25. The molecule has 5 heteroatoms. The lowest BCUT2D eigenvalue weighted by atomic mass is 10.1. The monoisotopic (exact) mass is 343 g/mol. The molecule has 0 spiro atoms. The highest BCUT2D eigenvalue weighted by atomic mass is 32.1. The summed E-state index contributed by atoms with van der Waals surface area (Å²) in [5, 5.41) is 6.91. The molecule has 1 aromatic carbocycles. The summed E-state index contributed by atoms with van der Waals surface area (Å²) in [5.74, 6) is 1.42. The average molecular weight is 343 g/mol. The highest BCUT2D eigenvalue weighted by Gasteiger charge is 2.09.